The largest absolute Gasteiger partial charge is 0.476 e. The number of aliphatic hydroxyl groups is 4. The molecule has 0 rings (SSSR count). The Labute approximate surface area is 45.9 Å². The minimum Gasteiger partial charge on any atom is -0.476 e. The quantitative estimate of drug-likeness (QED) is 0.262. The SMILES string of the molecule is N.N.OC(O)=C(O)O. The van der Waals surface area contributed by atoms with Crippen molar-refractivity contribution in [1.29, 1.82) is 0 Å². The van der Waals surface area contributed by atoms with Gasteiger partial charge in [0.05, 0.1) is 0 Å². The molecule has 0 aromatic carbocycles. The minimum absolute atomic E-state index is 0. The lowest BCUT2D eigenvalue weighted by molar-refractivity contribution is 0.0883. The van der Waals surface area contributed by atoms with Gasteiger partial charge < -0.3 is 32.7 Å². The third-order valence-electron chi connectivity index (χ3n) is 0.200. The van der Waals surface area contributed by atoms with Crippen molar-refractivity contribution in [1.82, 2.24) is 12.3 Å². The highest BCUT2D eigenvalue weighted by atomic mass is 16.5. The Balaban J connectivity index is -0.000000125. The van der Waals surface area contributed by atoms with E-state index in [4.69, 9.17) is 20.4 Å². The molecular formula is C2H10N2O4. The van der Waals surface area contributed by atoms with Gasteiger partial charge in [0.15, 0.2) is 0 Å². The van der Waals surface area contributed by atoms with Crippen LogP contribution in [0.3, 0.4) is 0 Å². The number of aliphatic hydroxyl groups excluding tert-OH is 2. The molecule has 0 atom stereocenters. The zero-order valence-electron chi connectivity index (χ0n) is 4.20. The molecule has 0 saturated carbocycles. The maximum Gasteiger partial charge on any atom is 0.358 e. The first-order valence-corrected chi connectivity index (χ1v) is 1.14. The maximum atomic E-state index is 7.56. The first kappa shape index (κ1) is 15.8. The minimum atomic E-state index is -1.46. The van der Waals surface area contributed by atoms with Crippen LogP contribution in [-0.4, -0.2) is 20.4 Å². The standard InChI is InChI=1S/C2H4O4.2H3N/c3-1(4)2(5)6;;/h3-6H;2*1H3. The summed E-state index contributed by atoms with van der Waals surface area (Å²) in [5.74, 6) is -2.93. The van der Waals surface area contributed by atoms with Crippen molar-refractivity contribution in [2.75, 3.05) is 0 Å². The molecule has 0 heterocycles. The van der Waals surface area contributed by atoms with Crippen molar-refractivity contribution in [3.05, 3.63) is 11.9 Å². The average Bonchev–Trinajstić information content (AvgIpc) is 1.36. The Morgan fingerprint density at radius 1 is 0.625 bits per heavy atom. The van der Waals surface area contributed by atoms with Crippen LogP contribution >= 0.6 is 0 Å². The van der Waals surface area contributed by atoms with Gasteiger partial charge in [0.1, 0.15) is 0 Å². The van der Waals surface area contributed by atoms with Crippen molar-refractivity contribution in [2.24, 2.45) is 0 Å². The van der Waals surface area contributed by atoms with E-state index in [-0.39, 0.29) is 12.3 Å². The average molecular weight is 126 g/mol. The predicted octanol–water partition coefficient (Wildman–Crippen LogP) is 0.669. The summed E-state index contributed by atoms with van der Waals surface area (Å²) in [6, 6.07) is 0. The van der Waals surface area contributed by atoms with E-state index in [1.54, 1.807) is 0 Å². The summed E-state index contributed by atoms with van der Waals surface area (Å²) in [4.78, 5) is 0. The van der Waals surface area contributed by atoms with Gasteiger partial charge in [-0.3, -0.25) is 0 Å². The lowest BCUT2D eigenvalue weighted by Crippen LogP contribution is -1.84. The second-order valence-electron chi connectivity index (χ2n) is 0.647. The van der Waals surface area contributed by atoms with Gasteiger partial charge >= 0.3 is 11.9 Å². The van der Waals surface area contributed by atoms with E-state index >= 15 is 0 Å². The van der Waals surface area contributed by atoms with E-state index in [1.807, 2.05) is 0 Å². The Hall–Kier alpha value is -1.14. The number of hydrogen-bond acceptors (Lipinski definition) is 6. The maximum absolute atomic E-state index is 7.56. The molecule has 0 amide bonds. The molecule has 0 aromatic heterocycles. The summed E-state index contributed by atoms with van der Waals surface area (Å²) in [6.07, 6.45) is 0. The first-order valence-electron chi connectivity index (χ1n) is 1.14. The smallest absolute Gasteiger partial charge is 0.358 e. The Kier molecular flexibility index (Phi) is 11.6. The third kappa shape index (κ3) is 8.85. The van der Waals surface area contributed by atoms with Gasteiger partial charge in [-0.1, -0.05) is 0 Å². The van der Waals surface area contributed by atoms with Gasteiger partial charge in [0, 0.05) is 0 Å². The molecule has 52 valence electrons. The lowest BCUT2D eigenvalue weighted by Gasteiger charge is -1.83. The summed E-state index contributed by atoms with van der Waals surface area (Å²) >= 11 is 0. The normalized spacial score (nSPS) is 5.50. The molecule has 6 heteroatoms. The van der Waals surface area contributed by atoms with E-state index in [2.05, 4.69) is 0 Å². The van der Waals surface area contributed by atoms with Gasteiger partial charge in [-0.2, -0.15) is 0 Å². The van der Waals surface area contributed by atoms with Crippen LogP contribution in [0.2, 0.25) is 0 Å². The van der Waals surface area contributed by atoms with Gasteiger partial charge in [-0.05, 0) is 0 Å². The molecule has 0 aliphatic rings. The second-order valence-corrected chi connectivity index (χ2v) is 0.647. The molecule has 0 saturated heterocycles. The Morgan fingerprint density at radius 2 is 0.750 bits per heavy atom. The van der Waals surface area contributed by atoms with Crippen LogP contribution < -0.4 is 12.3 Å². The second kappa shape index (κ2) is 5.86. The highest BCUT2D eigenvalue weighted by Gasteiger charge is 1.91. The molecule has 0 bridgehead atoms. The zero-order valence-corrected chi connectivity index (χ0v) is 4.20. The van der Waals surface area contributed by atoms with Crippen LogP contribution in [0.5, 0.6) is 0 Å². The van der Waals surface area contributed by atoms with Gasteiger partial charge in [-0.25, -0.2) is 0 Å². The van der Waals surface area contributed by atoms with E-state index in [9.17, 15) is 0 Å². The fraction of sp³-hybridized carbons (Fsp3) is 0. The van der Waals surface area contributed by atoms with E-state index in [0.717, 1.165) is 0 Å². The summed E-state index contributed by atoms with van der Waals surface area (Å²) in [5.41, 5.74) is 0. The van der Waals surface area contributed by atoms with Crippen LogP contribution in [0.15, 0.2) is 11.9 Å². The van der Waals surface area contributed by atoms with Crippen LogP contribution in [0.25, 0.3) is 0 Å². The predicted molar refractivity (Wildman–Crippen MR) is 27.6 cm³/mol. The van der Waals surface area contributed by atoms with Gasteiger partial charge in [0.2, 0.25) is 0 Å². The van der Waals surface area contributed by atoms with E-state index in [1.165, 1.54) is 0 Å². The molecule has 0 spiro atoms. The summed E-state index contributed by atoms with van der Waals surface area (Å²) < 4.78 is 0. The number of rotatable bonds is 0. The molecule has 0 fully saturated rings. The summed E-state index contributed by atoms with van der Waals surface area (Å²) in [6.45, 7) is 0. The molecule has 8 heavy (non-hydrogen) atoms. The molecule has 0 aromatic rings. The Bertz CT molecular complexity index is 62.1. The monoisotopic (exact) mass is 126 g/mol. The highest BCUT2D eigenvalue weighted by molar-refractivity contribution is 4.73. The molecule has 0 aliphatic heterocycles. The molecule has 0 unspecified atom stereocenters. The molecule has 6 nitrogen and oxygen atoms in total. The van der Waals surface area contributed by atoms with Crippen molar-refractivity contribution < 1.29 is 20.4 Å². The summed E-state index contributed by atoms with van der Waals surface area (Å²) in [5, 5.41) is 30.3. The van der Waals surface area contributed by atoms with Crippen LogP contribution in [0.4, 0.5) is 0 Å². The summed E-state index contributed by atoms with van der Waals surface area (Å²) in [7, 11) is 0. The fourth-order valence-corrected chi connectivity index (χ4v) is 0. The van der Waals surface area contributed by atoms with E-state index in [0.29, 0.717) is 0 Å². The molecule has 0 aliphatic carbocycles. The van der Waals surface area contributed by atoms with Gasteiger partial charge in [0.25, 0.3) is 0 Å². The molecule has 0 radical (unpaired) electrons. The fourth-order valence-electron chi connectivity index (χ4n) is 0. The zero-order chi connectivity index (χ0) is 5.15. The molecule has 10 N–H and O–H groups in total. The van der Waals surface area contributed by atoms with Crippen molar-refractivity contribution >= 4 is 0 Å². The topological polar surface area (TPSA) is 151 Å². The third-order valence-corrected chi connectivity index (χ3v) is 0.200. The van der Waals surface area contributed by atoms with Gasteiger partial charge in [-0.15, -0.1) is 0 Å². The van der Waals surface area contributed by atoms with Crippen molar-refractivity contribution in [2.45, 2.75) is 0 Å². The Morgan fingerprint density at radius 3 is 0.750 bits per heavy atom. The molecular weight excluding hydrogens is 116 g/mol. The number of hydrogen-bond donors (Lipinski definition) is 6. The van der Waals surface area contributed by atoms with Crippen molar-refractivity contribution in [3.8, 4) is 0 Å². The van der Waals surface area contributed by atoms with Crippen LogP contribution in [0, 0.1) is 0 Å². The lowest BCUT2D eigenvalue weighted by atomic mass is 10.9. The van der Waals surface area contributed by atoms with E-state index < -0.39 is 11.9 Å². The first-order chi connectivity index (χ1) is 2.64. The van der Waals surface area contributed by atoms with Crippen LogP contribution in [0.1, 0.15) is 0 Å². The van der Waals surface area contributed by atoms with Crippen LogP contribution in [-0.2, 0) is 0 Å². The highest BCUT2D eigenvalue weighted by Crippen LogP contribution is 1.82. The van der Waals surface area contributed by atoms with Crippen molar-refractivity contribution in [3.63, 3.8) is 0 Å².